The smallest absolute Gasteiger partial charge is 0.137 e. The zero-order valence-electron chi connectivity index (χ0n) is 13.1. The first-order valence-corrected chi connectivity index (χ1v) is 9.55. The molecule has 3 aromatic rings. The fraction of sp³-hybridized carbons (Fsp3) is 0. The van der Waals surface area contributed by atoms with Crippen LogP contribution >= 0.6 is 7.26 Å². The minimum Gasteiger partial charge on any atom is -0.545 e. The molecule has 0 radical (unpaired) electrons. The Morgan fingerprint density at radius 3 is 1.29 bits per heavy atom. The summed E-state index contributed by atoms with van der Waals surface area (Å²) in [6, 6.07) is 30.2. The number of hydrogen-bond acceptors (Lipinski definition) is 2. The largest absolute Gasteiger partial charge is 0.545 e. The van der Waals surface area contributed by atoms with Crippen LogP contribution in [-0.2, 0) is 4.79 Å². The third-order valence-corrected chi connectivity index (χ3v) is 7.86. The van der Waals surface area contributed by atoms with Crippen LogP contribution in [0.3, 0.4) is 0 Å². The van der Waals surface area contributed by atoms with Gasteiger partial charge in [-0.15, -0.1) is 0 Å². The van der Waals surface area contributed by atoms with Crippen molar-refractivity contribution in [2.24, 2.45) is 0 Å². The molecule has 0 heterocycles. The first kappa shape index (κ1) is 16.2. The number of hydrogen-bond donors (Lipinski definition) is 0. The van der Waals surface area contributed by atoms with Crippen molar-refractivity contribution >= 4 is 29.1 Å². The first-order valence-electron chi connectivity index (χ1n) is 7.69. The van der Waals surface area contributed by atoms with Gasteiger partial charge < -0.3 is 9.90 Å². The lowest BCUT2D eigenvalue weighted by molar-refractivity contribution is -0.297. The van der Waals surface area contributed by atoms with E-state index in [1.165, 1.54) is 6.08 Å². The van der Waals surface area contributed by atoms with Crippen LogP contribution in [0.5, 0.6) is 0 Å². The Kier molecular flexibility index (Phi) is 4.88. The second kappa shape index (κ2) is 7.25. The van der Waals surface area contributed by atoms with Crippen LogP contribution < -0.4 is 21.0 Å². The monoisotopic (exact) mass is 332 g/mol. The average molecular weight is 332 g/mol. The standard InChI is InChI=1S/C21H17O2P/c22-21(23)16-17-24(18-10-4-1-5-11-18,19-12-6-2-7-13-19)20-14-8-3-9-15-20/h1-17H/b17-16+. The Morgan fingerprint density at radius 2 is 1.00 bits per heavy atom. The van der Waals surface area contributed by atoms with Crippen LogP contribution in [0, 0.1) is 0 Å². The van der Waals surface area contributed by atoms with Gasteiger partial charge in [0.25, 0.3) is 0 Å². The fourth-order valence-corrected chi connectivity index (χ4v) is 6.55. The molecule has 24 heavy (non-hydrogen) atoms. The van der Waals surface area contributed by atoms with E-state index in [1.54, 1.807) is 0 Å². The highest BCUT2D eigenvalue weighted by atomic mass is 31.2. The summed E-state index contributed by atoms with van der Waals surface area (Å²) < 4.78 is 0. The zero-order valence-corrected chi connectivity index (χ0v) is 14.0. The second-order valence-corrected chi connectivity index (χ2v) is 8.66. The highest BCUT2D eigenvalue weighted by molar-refractivity contribution is 7.98. The molecule has 0 aliphatic heterocycles. The number of carboxylic acids is 1. The van der Waals surface area contributed by atoms with Crippen LogP contribution in [0.25, 0.3) is 0 Å². The molecule has 0 spiro atoms. The van der Waals surface area contributed by atoms with Gasteiger partial charge in [-0.1, -0.05) is 54.6 Å². The maximum absolute atomic E-state index is 11.2. The fourth-order valence-electron chi connectivity index (χ4n) is 2.87. The van der Waals surface area contributed by atoms with Crippen LogP contribution in [0.2, 0.25) is 0 Å². The van der Waals surface area contributed by atoms with E-state index >= 15 is 0 Å². The van der Waals surface area contributed by atoms with Gasteiger partial charge in [-0.25, -0.2) is 0 Å². The van der Waals surface area contributed by atoms with Crippen LogP contribution in [0.15, 0.2) is 103 Å². The average Bonchev–Trinajstić information content (AvgIpc) is 2.65. The van der Waals surface area contributed by atoms with Crippen molar-refractivity contribution < 1.29 is 9.90 Å². The van der Waals surface area contributed by atoms with Gasteiger partial charge in [0, 0.05) is 0 Å². The van der Waals surface area contributed by atoms with Crippen molar-refractivity contribution in [3.05, 3.63) is 103 Å². The summed E-state index contributed by atoms with van der Waals surface area (Å²) in [5, 5.41) is 14.5. The minimum absolute atomic E-state index is 1.11. The number of carboxylic acid groups (broad SMARTS) is 1. The first-order chi connectivity index (χ1) is 11.7. The van der Waals surface area contributed by atoms with Crippen molar-refractivity contribution in [3.63, 3.8) is 0 Å². The number of aliphatic carboxylic acids is 1. The van der Waals surface area contributed by atoms with Crippen LogP contribution in [0.4, 0.5) is 0 Å². The van der Waals surface area contributed by atoms with Gasteiger partial charge in [0.2, 0.25) is 0 Å². The van der Waals surface area contributed by atoms with E-state index in [4.69, 9.17) is 0 Å². The molecule has 0 N–H and O–H groups in total. The Morgan fingerprint density at radius 1 is 0.667 bits per heavy atom. The van der Waals surface area contributed by atoms with Gasteiger partial charge in [0.05, 0.1) is 11.8 Å². The van der Waals surface area contributed by atoms with E-state index in [0.717, 1.165) is 15.9 Å². The van der Waals surface area contributed by atoms with Gasteiger partial charge in [0.1, 0.15) is 23.2 Å². The maximum atomic E-state index is 11.2. The quantitative estimate of drug-likeness (QED) is 0.531. The molecule has 0 fully saturated rings. The van der Waals surface area contributed by atoms with Gasteiger partial charge in [0.15, 0.2) is 0 Å². The normalized spacial score (nSPS) is 11.5. The predicted octanol–water partition coefficient (Wildman–Crippen LogP) is 2.24. The maximum Gasteiger partial charge on any atom is 0.137 e. The lowest BCUT2D eigenvalue weighted by atomic mass is 10.4. The van der Waals surface area contributed by atoms with E-state index in [-0.39, 0.29) is 0 Å². The summed E-state index contributed by atoms with van der Waals surface area (Å²) in [5.74, 6) is 0.643. The molecule has 0 bridgehead atoms. The molecule has 3 rings (SSSR count). The molecular weight excluding hydrogens is 315 g/mol. The van der Waals surface area contributed by atoms with E-state index < -0.39 is 13.2 Å². The molecule has 0 saturated carbocycles. The summed E-state index contributed by atoms with van der Waals surface area (Å²) in [4.78, 5) is 11.2. The highest BCUT2D eigenvalue weighted by Crippen LogP contribution is 2.56. The molecule has 0 atom stereocenters. The van der Waals surface area contributed by atoms with Crippen molar-refractivity contribution in [1.82, 2.24) is 0 Å². The molecule has 0 aromatic heterocycles. The summed E-state index contributed by atoms with van der Waals surface area (Å²) in [7, 11) is -2.21. The van der Waals surface area contributed by atoms with E-state index in [9.17, 15) is 9.90 Å². The molecule has 118 valence electrons. The number of benzene rings is 3. The Balaban J connectivity index is 2.35. The predicted molar refractivity (Wildman–Crippen MR) is 99.3 cm³/mol. The number of carbonyl (C=O) groups excluding carboxylic acids is 1. The van der Waals surface area contributed by atoms with Crippen molar-refractivity contribution in [2.75, 3.05) is 0 Å². The van der Waals surface area contributed by atoms with E-state index in [0.29, 0.717) is 0 Å². The van der Waals surface area contributed by atoms with Crippen molar-refractivity contribution in [3.8, 4) is 0 Å². The molecule has 3 aromatic carbocycles. The van der Waals surface area contributed by atoms with Gasteiger partial charge in [-0.2, -0.15) is 0 Å². The van der Waals surface area contributed by atoms with Gasteiger partial charge >= 0.3 is 0 Å². The Hall–Kier alpha value is -2.70. The zero-order chi connectivity index (χ0) is 16.8. The lowest BCUT2D eigenvalue weighted by Crippen LogP contribution is -2.30. The van der Waals surface area contributed by atoms with Crippen LogP contribution in [0.1, 0.15) is 0 Å². The molecule has 0 unspecified atom stereocenters. The lowest BCUT2D eigenvalue weighted by Gasteiger charge is -2.24. The third kappa shape index (κ3) is 3.15. The van der Waals surface area contributed by atoms with Gasteiger partial charge in [-0.3, -0.25) is 0 Å². The SMILES string of the molecule is O=C([O-])/C=C/[P+](c1ccccc1)(c1ccccc1)c1ccccc1. The molecule has 2 nitrogen and oxygen atoms in total. The van der Waals surface area contributed by atoms with Gasteiger partial charge in [-0.05, 0) is 42.5 Å². The number of rotatable bonds is 5. The second-order valence-electron chi connectivity index (χ2n) is 5.36. The molecule has 3 heteroatoms. The number of carbonyl (C=O) groups is 1. The summed E-state index contributed by atoms with van der Waals surface area (Å²) >= 11 is 0. The Labute approximate surface area is 142 Å². The van der Waals surface area contributed by atoms with E-state index in [1.807, 2.05) is 60.4 Å². The molecule has 0 aliphatic rings. The summed E-state index contributed by atoms with van der Waals surface area (Å²) in [6.07, 6.45) is 1.17. The van der Waals surface area contributed by atoms with Crippen LogP contribution in [-0.4, -0.2) is 5.97 Å². The molecule has 0 saturated heterocycles. The van der Waals surface area contributed by atoms with E-state index in [2.05, 4.69) is 36.4 Å². The molecule has 0 aliphatic carbocycles. The van der Waals surface area contributed by atoms with Crippen molar-refractivity contribution in [1.29, 1.82) is 0 Å². The molecular formula is C21H17O2P. The Bertz CT molecular complexity index is 731. The topological polar surface area (TPSA) is 40.1 Å². The highest BCUT2D eigenvalue weighted by Gasteiger charge is 2.42. The summed E-state index contributed by atoms with van der Waals surface area (Å²) in [6.45, 7) is 0. The minimum atomic E-state index is -2.21. The molecule has 0 amide bonds. The summed E-state index contributed by atoms with van der Waals surface area (Å²) in [5.41, 5.74) is 0. The van der Waals surface area contributed by atoms with Crippen molar-refractivity contribution in [2.45, 2.75) is 0 Å². The third-order valence-electron chi connectivity index (χ3n) is 3.92.